The number of rotatable bonds is 0. The van der Waals surface area contributed by atoms with Crippen LogP contribution in [0.4, 0.5) is 0 Å². The smallest absolute Gasteiger partial charge is 0.894 e. The van der Waals surface area contributed by atoms with Crippen molar-refractivity contribution >= 4 is 9.05 Å². The molecule has 0 unspecified atom stereocenters. The van der Waals surface area contributed by atoms with Gasteiger partial charge in [0.15, 0.2) is 0 Å². The molecule has 0 saturated carbocycles. The minimum absolute atomic E-state index is 0. The number of hydrogen-bond acceptors (Lipinski definition) is 4. The van der Waals surface area contributed by atoms with Crippen LogP contribution in [0.3, 0.4) is 0 Å². The molecule has 0 radical (unpaired) electrons. The van der Waals surface area contributed by atoms with E-state index in [4.69, 9.17) is 19.2 Å². The van der Waals surface area contributed by atoms with Crippen LogP contribution in [0.5, 0.6) is 0 Å². The Labute approximate surface area is 165 Å². The third-order valence-corrected chi connectivity index (χ3v) is 0. The molecule has 0 fully saturated rings. The molecule has 0 atom stereocenters. The van der Waals surface area contributed by atoms with Crippen LogP contribution >= 0.6 is 0 Å². The van der Waals surface area contributed by atoms with E-state index in [1.54, 1.807) is 0 Å². The van der Waals surface area contributed by atoms with Crippen molar-refractivity contribution in [2.75, 3.05) is 0 Å². The van der Waals surface area contributed by atoms with Gasteiger partial charge in [-0.3, -0.25) is 0 Å². The predicted molar refractivity (Wildman–Crippen MR) is 20.2 cm³/mol. The Hall–Kier alpha value is 3.90. The molecule has 0 aromatic heterocycles. The first kappa shape index (κ1) is 68.5. The normalized spacial score (nSPS) is 4.62. The van der Waals surface area contributed by atoms with E-state index in [0.717, 1.165) is 0 Å². The third kappa shape index (κ3) is 202. The zero-order valence-corrected chi connectivity index (χ0v) is 17.1. The second kappa shape index (κ2) is 36.0. The maximum absolute atomic E-state index is 8.58. The molecule has 0 heterocycles. The van der Waals surface area contributed by atoms with Crippen LogP contribution in [-0.2, 0) is 0 Å². The summed E-state index contributed by atoms with van der Waals surface area (Å²) in [6.45, 7) is 0. The van der Waals surface area contributed by atoms with Crippen molar-refractivity contribution in [1.82, 2.24) is 0 Å². The molecule has 13 heavy (non-hydrogen) atoms. The maximum Gasteiger partial charge on any atom is 1.00 e. The van der Waals surface area contributed by atoms with E-state index >= 15 is 0 Å². The molecule has 0 saturated heterocycles. The first-order chi connectivity index (χ1) is 2.00. The van der Waals surface area contributed by atoms with Gasteiger partial charge < -0.3 is 50.1 Å². The van der Waals surface area contributed by atoms with E-state index in [1.165, 1.54) is 0 Å². The van der Waals surface area contributed by atoms with Crippen molar-refractivity contribution in [1.29, 1.82) is 0 Å². The van der Waals surface area contributed by atoms with Crippen molar-refractivity contribution in [2.45, 2.75) is 0 Å². The second-order valence-corrected chi connectivity index (χ2v) is 1.50. The van der Waals surface area contributed by atoms with Crippen LogP contribution in [0.1, 0.15) is 0 Å². The van der Waals surface area contributed by atoms with Gasteiger partial charge in [-0.2, -0.15) is 0 Å². The van der Waals surface area contributed by atoms with E-state index in [0.29, 0.717) is 0 Å². The van der Waals surface area contributed by atoms with Gasteiger partial charge in [-0.05, 0) is 0 Å². The Balaban J connectivity index is -0.00000000286. The van der Waals surface area contributed by atoms with Crippen LogP contribution in [0.15, 0.2) is 0 Å². The Bertz CT molecular complexity index is 31.6. The molecule has 64 valence electrons. The van der Waals surface area contributed by atoms with Crippen molar-refractivity contribution < 1.29 is 159 Å². The summed E-state index contributed by atoms with van der Waals surface area (Å²) >= 11 is 0. The molecule has 13 heteroatoms. The van der Waals surface area contributed by atoms with Gasteiger partial charge >= 0.3 is 118 Å². The summed E-state index contributed by atoms with van der Waals surface area (Å²) in [6.07, 6.45) is 0. The van der Waals surface area contributed by atoms with E-state index < -0.39 is 9.05 Å². The van der Waals surface area contributed by atoms with Crippen LogP contribution in [-0.4, -0.2) is 31.0 Å². The average Bonchev–Trinajstić information content (AvgIpc) is 0.722. The SMILES string of the molecule is O.O.O.O.[Na+].[Na+].[Na+].[Na+].[O-][Si]([O-])([O-])[O-]. The summed E-state index contributed by atoms with van der Waals surface area (Å²) in [7, 11) is -5.61. The topological polar surface area (TPSA) is 218 Å². The maximum atomic E-state index is 8.58. The van der Waals surface area contributed by atoms with Gasteiger partial charge in [0.1, 0.15) is 0 Å². The van der Waals surface area contributed by atoms with Gasteiger partial charge in [0, 0.05) is 0 Å². The van der Waals surface area contributed by atoms with E-state index in [-0.39, 0.29) is 140 Å². The molecule has 8 nitrogen and oxygen atoms in total. The molecule has 0 aliphatic carbocycles. The summed E-state index contributed by atoms with van der Waals surface area (Å²) in [5.41, 5.74) is 0. The molecular weight excluding hydrogens is 248 g/mol. The Morgan fingerprint density at radius 2 is 0.462 bits per heavy atom. The largest absolute Gasteiger partial charge is 1.00 e. The zero-order chi connectivity index (χ0) is 4.50. The van der Waals surface area contributed by atoms with Crippen LogP contribution in [0.25, 0.3) is 0 Å². The van der Waals surface area contributed by atoms with Gasteiger partial charge in [0.05, 0.1) is 0 Å². The fourth-order valence-corrected chi connectivity index (χ4v) is 0. The van der Waals surface area contributed by atoms with E-state index in [1.807, 2.05) is 0 Å². The zero-order valence-electron chi connectivity index (χ0n) is 8.13. The quantitative estimate of drug-likeness (QED) is 0.385. The van der Waals surface area contributed by atoms with Crippen LogP contribution < -0.4 is 137 Å². The fourth-order valence-electron chi connectivity index (χ4n) is 0. The van der Waals surface area contributed by atoms with Crippen molar-refractivity contribution in [2.24, 2.45) is 0 Å². The molecule has 0 aliphatic heterocycles. The van der Waals surface area contributed by atoms with Gasteiger partial charge in [-0.15, -0.1) is 0 Å². The van der Waals surface area contributed by atoms with Gasteiger partial charge in [0.25, 0.3) is 0 Å². The molecule has 0 aromatic rings. The van der Waals surface area contributed by atoms with Crippen LogP contribution in [0.2, 0.25) is 0 Å². The molecule has 0 amide bonds. The third-order valence-electron chi connectivity index (χ3n) is 0. The summed E-state index contributed by atoms with van der Waals surface area (Å²) in [6, 6.07) is 0. The molecule has 0 bridgehead atoms. The van der Waals surface area contributed by atoms with Crippen LogP contribution in [0, 0.1) is 0 Å². The van der Waals surface area contributed by atoms with Gasteiger partial charge in [-0.25, -0.2) is 0 Å². The Kier molecular flexibility index (Phi) is 190. The Morgan fingerprint density at radius 1 is 0.462 bits per heavy atom. The molecule has 0 aromatic carbocycles. The molecule has 0 spiro atoms. The minimum atomic E-state index is -5.61. The molecule has 8 N–H and O–H groups in total. The van der Waals surface area contributed by atoms with Crippen molar-refractivity contribution in [3.05, 3.63) is 0 Å². The summed E-state index contributed by atoms with van der Waals surface area (Å²) in [4.78, 5) is 34.3. The van der Waals surface area contributed by atoms with Gasteiger partial charge in [-0.1, -0.05) is 0 Å². The standard InChI is InChI=1S/4Na.O4Si.4H2O/c;;;;1-5(2,3)4;;;;/h;;;;;4*1H2/q4*+1;-4;;;;. The first-order valence-electron chi connectivity index (χ1n) is 0.816. The van der Waals surface area contributed by atoms with E-state index in [2.05, 4.69) is 0 Å². The average molecular weight is 256 g/mol. The predicted octanol–water partition coefficient (Wildman–Crippen LogP) is -20.4. The minimum Gasteiger partial charge on any atom is -0.894 e. The van der Waals surface area contributed by atoms with Crippen molar-refractivity contribution in [3.63, 3.8) is 0 Å². The Morgan fingerprint density at radius 3 is 0.462 bits per heavy atom. The molecule has 0 rings (SSSR count). The monoisotopic (exact) mass is 256 g/mol. The first-order valence-corrected chi connectivity index (χ1v) is 2.45. The molecule has 0 aliphatic rings. The van der Waals surface area contributed by atoms with Gasteiger partial charge in [0.2, 0.25) is 0 Å². The fraction of sp³-hybridized carbons (Fsp3) is 0. The summed E-state index contributed by atoms with van der Waals surface area (Å²) in [5, 5.41) is 0. The summed E-state index contributed by atoms with van der Waals surface area (Å²) < 4.78 is 0. The number of hydrogen-bond donors (Lipinski definition) is 0. The summed E-state index contributed by atoms with van der Waals surface area (Å²) in [5.74, 6) is 0. The second-order valence-electron chi connectivity index (χ2n) is 0.500. The van der Waals surface area contributed by atoms with Crippen molar-refractivity contribution in [3.8, 4) is 0 Å². The molecular formula is H8Na4O8Si. The van der Waals surface area contributed by atoms with E-state index in [9.17, 15) is 0 Å².